The van der Waals surface area contributed by atoms with Gasteiger partial charge in [0.25, 0.3) is 0 Å². The van der Waals surface area contributed by atoms with Crippen LogP contribution in [0.25, 0.3) is 0 Å². The van der Waals surface area contributed by atoms with E-state index in [0.717, 1.165) is 50.3 Å². The lowest BCUT2D eigenvalue weighted by atomic mass is 9.97. The molecular weight excluding hydrogens is 366 g/mol. The third kappa shape index (κ3) is 5.38. The highest BCUT2D eigenvalue weighted by Crippen LogP contribution is 2.31. The highest BCUT2D eigenvalue weighted by molar-refractivity contribution is 7.19. The van der Waals surface area contributed by atoms with E-state index in [1.807, 2.05) is 6.92 Å². The molecule has 3 rings (SSSR count). The Morgan fingerprint density at radius 3 is 2.93 bits per heavy atom. The SMILES string of the molecule is CCOCCCNC(=O)[C@H]1CCCN(c2nnc(N3CCCCC3=O)s2)C1. The molecule has 27 heavy (non-hydrogen) atoms. The van der Waals surface area contributed by atoms with Crippen LogP contribution >= 0.6 is 11.3 Å². The van der Waals surface area contributed by atoms with Crippen molar-refractivity contribution in [3.63, 3.8) is 0 Å². The largest absolute Gasteiger partial charge is 0.382 e. The first-order chi connectivity index (χ1) is 13.2. The van der Waals surface area contributed by atoms with Crippen molar-refractivity contribution in [3.8, 4) is 0 Å². The van der Waals surface area contributed by atoms with Crippen LogP contribution < -0.4 is 15.1 Å². The maximum absolute atomic E-state index is 12.4. The first kappa shape index (κ1) is 20.0. The Bertz CT molecular complexity index is 638. The van der Waals surface area contributed by atoms with Crippen LogP contribution in [-0.2, 0) is 14.3 Å². The molecule has 150 valence electrons. The molecule has 0 radical (unpaired) electrons. The van der Waals surface area contributed by atoms with Crippen molar-refractivity contribution in [2.75, 3.05) is 49.2 Å². The Morgan fingerprint density at radius 1 is 1.26 bits per heavy atom. The topological polar surface area (TPSA) is 87.7 Å². The van der Waals surface area contributed by atoms with Gasteiger partial charge >= 0.3 is 0 Å². The smallest absolute Gasteiger partial charge is 0.228 e. The van der Waals surface area contributed by atoms with Gasteiger partial charge in [-0.1, -0.05) is 11.3 Å². The predicted octanol–water partition coefficient (Wildman–Crippen LogP) is 1.81. The van der Waals surface area contributed by atoms with Crippen LogP contribution in [-0.4, -0.2) is 61.4 Å². The molecule has 0 aliphatic carbocycles. The number of anilines is 2. The number of rotatable bonds is 8. The first-order valence-corrected chi connectivity index (χ1v) is 10.7. The molecule has 0 saturated carbocycles. The maximum atomic E-state index is 12.4. The van der Waals surface area contributed by atoms with Gasteiger partial charge in [-0.3, -0.25) is 14.5 Å². The van der Waals surface area contributed by atoms with E-state index in [-0.39, 0.29) is 17.7 Å². The molecule has 2 fully saturated rings. The van der Waals surface area contributed by atoms with Crippen molar-refractivity contribution in [3.05, 3.63) is 0 Å². The van der Waals surface area contributed by atoms with E-state index in [9.17, 15) is 9.59 Å². The fourth-order valence-electron chi connectivity index (χ4n) is 3.49. The molecular formula is C18H29N5O3S. The van der Waals surface area contributed by atoms with E-state index in [2.05, 4.69) is 20.4 Å². The van der Waals surface area contributed by atoms with E-state index < -0.39 is 0 Å². The Balaban J connectivity index is 1.52. The molecule has 0 spiro atoms. The van der Waals surface area contributed by atoms with Crippen LogP contribution in [0, 0.1) is 5.92 Å². The van der Waals surface area contributed by atoms with Crippen LogP contribution in [0.15, 0.2) is 0 Å². The number of carbonyl (C=O) groups excluding carboxylic acids is 2. The zero-order valence-electron chi connectivity index (χ0n) is 16.0. The summed E-state index contributed by atoms with van der Waals surface area (Å²) in [6.07, 6.45) is 5.23. The summed E-state index contributed by atoms with van der Waals surface area (Å²) in [6.45, 7) is 6.25. The number of aromatic nitrogens is 2. The fraction of sp³-hybridized carbons (Fsp3) is 0.778. The number of hydrogen-bond donors (Lipinski definition) is 1. The van der Waals surface area contributed by atoms with Gasteiger partial charge in [-0.2, -0.15) is 0 Å². The molecule has 2 saturated heterocycles. The molecule has 1 aromatic rings. The summed E-state index contributed by atoms with van der Waals surface area (Å²) < 4.78 is 5.29. The third-order valence-electron chi connectivity index (χ3n) is 4.99. The van der Waals surface area contributed by atoms with Gasteiger partial charge in [-0.05, 0) is 39.0 Å². The molecule has 1 N–H and O–H groups in total. The van der Waals surface area contributed by atoms with Gasteiger partial charge < -0.3 is 15.0 Å². The monoisotopic (exact) mass is 395 g/mol. The van der Waals surface area contributed by atoms with E-state index >= 15 is 0 Å². The Labute approximate surface area is 164 Å². The summed E-state index contributed by atoms with van der Waals surface area (Å²) in [5.41, 5.74) is 0. The van der Waals surface area contributed by atoms with Crippen molar-refractivity contribution in [2.24, 2.45) is 5.92 Å². The first-order valence-electron chi connectivity index (χ1n) is 9.93. The van der Waals surface area contributed by atoms with Gasteiger partial charge in [0.05, 0.1) is 5.92 Å². The molecule has 0 aromatic carbocycles. The maximum Gasteiger partial charge on any atom is 0.228 e. The number of ether oxygens (including phenoxy) is 1. The Hall–Kier alpha value is -1.74. The zero-order chi connectivity index (χ0) is 19.1. The lowest BCUT2D eigenvalue weighted by Gasteiger charge is -2.31. The number of amides is 2. The summed E-state index contributed by atoms with van der Waals surface area (Å²) in [6, 6.07) is 0. The molecule has 1 aromatic heterocycles. The summed E-state index contributed by atoms with van der Waals surface area (Å²) in [5.74, 6) is 0.203. The van der Waals surface area contributed by atoms with Gasteiger partial charge in [0.2, 0.25) is 22.1 Å². The van der Waals surface area contributed by atoms with Gasteiger partial charge in [0.1, 0.15) is 0 Å². The van der Waals surface area contributed by atoms with Gasteiger partial charge in [-0.25, -0.2) is 0 Å². The van der Waals surface area contributed by atoms with E-state index in [1.54, 1.807) is 4.90 Å². The highest BCUT2D eigenvalue weighted by Gasteiger charge is 2.29. The number of nitrogens with one attached hydrogen (secondary N) is 1. The van der Waals surface area contributed by atoms with Crippen LogP contribution in [0.5, 0.6) is 0 Å². The van der Waals surface area contributed by atoms with Crippen molar-refractivity contribution < 1.29 is 14.3 Å². The van der Waals surface area contributed by atoms with Crippen LogP contribution in [0.3, 0.4) is 0 Å². The number of hydrogen-bond acceptors (Lipinski definition) is 7. The van der Waals surface area contributed by atoms with E-state index in [1.165, 1.54) is 11.3 Å². The average molecular weight is 396 g/mol. The molecule has 2 amide bonds. The van der Waals surface area contributed by atoms with Crippen molar-refractivity contribution in [2.45, 2.75) is 45.4 Å². The molecule has 9 heteroatoms. The Morgan fingerprint density at radius 2 is 2.11 bits per heavy atom. The summed E-state index contributed by atoms with van der Waals surface area (Å²) in [7, 11) is 0. The lowest BCUT2D eigenvalue weighted by Crippen LogP contribution is -2.43. The van der Waals surface area contributed by atoms with Crippen LogP contribution in [0.2, 0.25) is 0 Å². The molecule has 0 unspecified atom stereocenters. The molecule has 3 heterocycles. The fourth-order valence-corrected chi connectivity index (χ4v) is 4.42. The lowest BCUT2D eigenvalue weighted by molar-refractivity contribution is -0.125. The predicted molar refractivity (Wildman–Crippen MR) is 105 cm³/mol. The molecule has 0 bridgehead atoms. The Kier molecular flexibility index (Phi) is 7.40. The van der Waals surface area contributed by atoms with E-state index in [0.29, 0.717) is 37.9 Å². The number of carbonyl (C=O) groups is 2. The van der Waals surface area contributed by atoms with Crippen molar-refractivity contribution in [1.82, 2.24) is 15.5 Å². The van der Waals surface area contributed by atoms with Crippen molar-refractivity contribution in [1.29, 1.82) is 0 Å². The van der Waals surface area contributed by atoms with Crippen LogP contribution in [0.1, 0.15) is 45.4 Å². The minimum atomic E-state index is -0.0326. The standard InChI is InChI=1S/C18H29N5O3S/c1-2-26-12-6-9-19-16(25)14-7-5-10-22(13-14)17-20-21-18(27-17)23-11-4-3-8-15(23)24/h14H,2-13H2,1H3,(H,19,25)/t14-/m0/s1. The van der Waals surface area contributed by atoms with E-state index in [4.69, 9.17) is 4.74 Å². The zero-order valence-corrected chi connectivity index (χ0v) is 16.8. The second kappa shape index (κ2) is 9.98. The highest BCUT2D eigenvalue weighted by atomic mass is 32.1. The minimum absolute atomic E-state index is 0.0326. The second-order valence-corrected chi connectivity index (χ2v) is 7.93. The molecule has 2 aliphatic heterocycles. The molecule has 2 aliphatic rings. The van der Waals surface area contributed by atoms with Crippen LogP contribution in [0.4, 0.5) is 10.3 Å². The summed E-state index contributed by atoms with van der Waals surface area (Å²) in [5, 5.41) is 13.0. The molecule has 8 nitrogen and oxygen atoms in total. The van der Waals surface area contributed by atoms with Gasteiger partial charge in [0, 0.05) is 45.8 Å². The minimum Gasteiger partial charge on any atom is -0.382 e. The number of piperidine rings is 2. The molecule has 1 atom stereocenters. The van der Waals surface area contributed by atoms with Crippen molar-refractivity contribution >= 4 is 33.4 Å². The second-order valence-electron chi connectivity index (χ2n) is 7.00. The third-order valence-corrected chi connectivity index (χ3v) is 6.00. The normalized spacial score (nSPS) is 20.8. The number of nitrogens with zero attached hydrogens (tertiary/aromatic N) is 4. The average Bonchev–Trinajstić information content (AvgIpc) is 3.18. The quantitative estimate of drug-likeness (QED) is 0.676. The summed E-state index contributed by atoms with van der Waals surface area (Å²) >= 11 is 1.45. The van der Waals surface area contributed by atoms with Gasteiger partial charge in [0.15, 0.2) is 0 Å². The van der Waals surface area contributed by atoms with Gasteiger partial charge in [-0.15, -0.1) is 10.2 Å². The summed E-state index contributed by atoms with van der Waals surface area (Å²) in [4.78, 5) is 28.4.